The summed E-state index contributed by atoms with van der Waals surface area (Å²) in [7, 11) is 0. The fraction of sp³-hybridized carbons (Fsp3) is 0.556. The van der Waals surface area contributed by atoms with Gasteiger partial charge in [0.15, 0.2) is 0 Å². The Morgan fingerprint density at radius 2 is 2.25 bits per heavy atom. The molecule has 66 valence electrons. The van der Waals surface area contributed by atoms with Gasteiger partial charge in [-0.1, -0.05) is 19.7 Å². The number of unbranched alkanes of at least 4 members (excludes halogenated alkanes) is 2. The fourth-order valence-electron chi connectivity index (χ4n) is 0.802. The molecule has 0 saturated carbocycles. The highest BCUT2D eigenvalue weighted by molar-refractivity contribution is 4.92. The Bertz CT molecular complexity index is 218. The molecule has 0 aliphatic heterocycles. The fourth-order valence-corrected chi connectivity index (χ4v) is 0.802. The van der Waals surface area contributed by atoms with E-state index < -0.39 is 0 Å². The first-order valence-electron chi connectivity index (χ1n) is 4.83. The molecular formula is C9H14N2O. The molecule has 0 N–H and O–H groups in total. The van der Waals surface area contributed by atoms with E-state index in [1.165, 1.54) is 0 Å². The molecule has 0 unspecified atom stereocenters. The quantitative estimate of drug-likeness (QED) is 0.629. The molecule has 0 radical (unpaired) electrons. The van der Waals surface area contributed by atoms with Gasteiger partial charge in [-0.15, -0.1) is 0 Å². The second-order valence-electron chi connectivity index (χ2n) is 2.44. The molecule has 12 heavy (non-hydrogen) atoms. The average molecular weight is 167 g/mol. The monoisotopic (exact) mass is 167 g/mol. The Hall–Kier alpha value is -1.12. The van der Waals surface area contributed by atoms with Gasteiger partial charge in [-0.2, -0.15) is 0 Å². The summed E-state index contributed by atoms with van der Waals surface area (Å²) >= 11 is 0. The van der Waals surface area contributed by atoms with Gasteiger partial charge < -0.3 is 4.74 Å². The lowest BCUT2D eigenvalue weighted by Gasteiger charge is -2.01. The number of ether oxygens (including phenoxy) is 1. The SMILES string of the molecule is [2H]CCCCCOc1ncccn1. The van der Waals surface area contributed by atoms with Crippen molar-refractivity contribution in [1.82, 2.24) is 9.97 Å². The standard InChI is InChI=1S/C9H14N2O/c1-2-3-4-8-12-9-10-6-5-7-11-9/h5-7H,2-4,8H2,1H3/i1D. The molecule has 0 aromatic carbocycles. The Morgan fingerprint density at radius 3 is 3.00 bits per heavy atom. The van der Waals surface area contributed by atoms with Crippen LogP contribution >= 0.6 is 0 Å². The number of hydrogen-bond donors (Lipinski definition) is 0. The zero-order chi connectivity index (χ0) is 9.36. The van der Waals surface area contributed by atoms with Gasteiger partial charge in [0.25, 0.3) is 0 Å². The third-order valence-electron chi connectivity index (χ3n) is 1.42. The molecule has 0 aliphatic rings. The molecule has 0 bridgehead atoms. The molecule has 3 heteroatoms. The molecule has 1 rings (SSSR count). The Kier molecular flexibility index (Phi) is 3.46. The maximum Gasteiger partial charge on any atom is 0.316 e. The first-order chi connectivity index (χ1) is 6.43. The summed E-state index contributed by atoms with van der Waals surface area (Å²) in [6.07, 6.45) is 6.27. The maximum absolute atomic E-state index is 6.94. The number of rotatable bonds is 5. The molecule has 0 atom stereocenters. The van der Waals surface area contributed by atoms with Crippen LogP contribution in [0.1, 0.15) is 27.5 Å². The third-order valence-corrected chi connectivity index (χ3v) is 1.42. The van der Waals surface area contributed by atoms with E-state index in [1.807, 2.05) is 0 Å². The minimum Gasteiger partial charge on any atom is -0.463 e. The highest BCUT2D eigenvalue weighted by atomic mass is 16.5. The van der Waals surface area contributed by atoms with Crippen LogP contribution in [0.2, 0.25) is 0 Å². The zero-order valence-corrected chi connectivity index (χ0v) is 7.07. The third kappa shape index (κ3) is 3.32. The van der Waals surface area contributed by atoms with Gasteiger partial charge in [-0.3, -0.25) is 0 Å². The summed E-state index contributed by atoms with van der Waals surface area (Å²) in [5.41, 5.74) is 0. The summed E-state index contributed by atoms with van der Waals surface area (Å²) in [4.78, 5) is 7.85. The van der Waals surface area contributed by atoms with Crippen LogP contribution in [-0.2, 0) is 0 Å². The van der Waals surface area contributed by atoms with Gasteiger partial charge >= 0.3 is 6.01 Å². The minimum absolute atomic E-state index is 0.438. The Morgan fingerprint density at radius 1 is 1.42 bits per heavy atom. The summed E-state index contributed by atoms with van der Waals surface area (Å²) < 4.78 is 12.2. The van der Waals surface area contributed by atoms with Crippen molar-refractivity contribution >= 4 is 0 Å². The van der Waals surface area contributed by atoms with Crippen LogP contribution in [0.4, 0.5) is 0 Å². The predicted molar refractivity (Wildman–Crippen MR) is 47.1 cm³/mol. The number of nitrogens with zero attached hydrogens (tertiary/aromatic N) is 2. The smallest absolute Gasteiger partial charge is 0.316 e. The van der Waals surface area contributed by atoms with Gasteiger partial charge in [0.05, 0.1) is 6.61 Å². The molecule has 3 nitrogen and oxygen atoms in total. The molecule has 0 saturated heterocycles. The van der Waals surface area contributed by atoms with Crippen molar-refractivity contribution in [1.29, 1.82) is 0 Å². The van der Waals surface area contributed by atoms with Crippen molar-refractivity contribution in [2.45, 2.75) is 26.2 Å². The van der Waals surface area contributed by atoms with E-state index in [-0.39, 0.29) is 0 Å². The molecule has 1 aromatic rings. The Labute approximate surface area is 74.2 Å². The lowest BCUT2D eigenvalue weighted by molar-refractivity contribution is 0.282. The summed E-state index contributed by atoms with van der Waals surface area (Å²) in [6.45, 7) is 1.14. The lowest BCUT2D eigenvalue weighted by atomic mass is 10.3. The van der Waals surface area contributed by atoms with E-state index in [4.69, 9.17) is 6.11 Å². The minimum atomic E-state index is 0.438. The van der Waals surface area contributed by atoms with Crippen molar-refractivity contribution < 1.29 is 6.11 Å². The van der Waals surface area contributed by atoms with Gasteiger partial charge in [-0.05, 0) is 12.5 Å². The van der Waals surface area contributed by atoms with Gasteiger partial charge in [0.1, 0.15) is 0 Å². The van der Waals surface area contributed by atoms with Crippen LogP contribution in [0, 0.1) is 0 Å². The first kappa shape index (κ1) is 7.53. The molecule has 0 fully saturated rings. The molecule has 0 amide bonds. The van der Waals surface area contributed by atoms with Crippen molar-refractivity contribution in [3.63, 3.8) is 0 Å². The van der Waals surface area contributed by atoms with Crippen LogP contribution in [-0.4, -0.2) is 16.6 Å². The van der Waals surface area contributed by atoms with Crippen molar-refractivity contribution in [3.05, 3.63) is 18.5 Å². The summed E-state index contributed by atoms with van der Waals surface area (Å²) in [5.74, 6) is 0. The van der Waals surface area contributed by atoms with Gasteiger partial charge in [0, 0.05) is 13.8 Å². The highest BCUT2D eigenvalue weighted by Crippen LogP contribution is 2.00. The highest BCUT2D eigenvalue weighted by Gasteiger charge is 1.92. The first-order valence-corrected chi connectivity index (χ1v) is 4.12. The van der Waals surface area contributed by atoms with E-state index in [1.54, 1.807) is 18.5 Å². The molecule has 0 spiro atoms. The molecule has 1 aromatic heterocycles. The Balaban J connectivity index is 2.07. The molecular weight excluding hydrogens is 152 g/mol. The maximum atomic E-state index is 6.94. The van der Waals surface area contributed by atoms with E-state index in [2.05, 4.69) is 9.97 Å². The normalized spacial score (nSPS) is 10.8. The van der Waals surface area contributed by atoms with Crippen LogP contribution in [0.3, 0.4) is 0 Å². The van der Waals surface area contributed by atoms with E-state index in [0.29, 0.717) is 19.5 Å². The second kappa shape index (κ2) is 5.52. The summed E-state index contributed by atoms with van der Waals surface area (Å²) in [6, 6.07) is 2.20. The molecule has 1 heterocycles. The average Bonchev–Trinajstić information content (AvgIpc) is 2.19. The van der Waals surface area contributed by atoms with Crippen LogP contribution in [0.15, 0.2) is 18.5 Å². The zero-order valence-electron chi connectivity index (χ0n) is 8.07. The van der Waals surface area contributed by atoms with E-state index in [9.17, 15) is 0 Å². The van der Waals surface area contributed by atoms with E-state index in [0.717, 1.165) is 19.3 Å². The topological polar surface area (TPSA) is 35.0 Å². The van der Waals surface area contributed by atoms with E-state index >= 15 is 0 Å². The van der Waals surface area contributed by atoms with Crippen LogP contribution in [0.5, 0.6) is 6.01 Å². The van der Waals surface area contributed by atoms with Crippen molar-refractivity contribution in [2.75, 3.05) is 6.61 Å². The second-order valence-corrected chi connectivity index (χ2v) is 2.44. The van der Waals surface area contributed by atoms with Gasteiger partial charge in [-0.25, -0.2) is 9.97 Å². The number of aromatic nitrogens is 2. The van der Waals surface area contributed by atoms with Crippen LogP contribution < -0.4 is 4.74 Å². The summed E-state index contributed by atoms with van der Waals surface area (Å²) in [5, 5.41) is 0. The largest absolute Gasteiger partial charge is 0.463 e. The predicted octanol–water partition coefficient (Wildman–Crippen LogP) is 2.05. The van der Waals surface area contributed by atoms with Gasteiger partial charge in [0.2, 0.25) is 0 Å². The van der Waals surface area contributed by atoms with Crippen molar-refractivity contribution in [3.8, 4) is 6.01 Å². The lowest BCUT2D eigenvalue weighted by Crippen LogP contribution is -1.99. The molecule has 0 aliphatic carbocycles. The van der Waals surface area contributed by atoms with Crippen molar-refractivity contribution in [2.24, 2.45) is 0 Å². The van der Waals surface area contributed by atoms with Crippen LogP contribution in [0.25, 0.3) is 0 Å². The number of hydrogen-bond acceptors (Lipinski definition) is 3.